The summed E-state index contributed by atoms with van der Waals surface area (Å²) in [6, 6.07) is 4.14. The maximum absolute atomic E-state index is 13.1. The second kappa shape index (κ2) is 6.28. The van der Waals surface area contributed by atoms with Crippen molar-refractivity contribution in [2.24, 2.45) is 11.3 Å². The van der Waals surface area contributed by atoms with Crippen LogP contribution in [-0.4, -0.2) is 13.1 Å². The van der Waals surface area contributed by atoms with Gasteiger partial charge in [-0.3, -0.25) is 0 Å². The highest BCUT2D eigenvalue weighted by atomic mass is 19.2. The van der Waals surface area contributed by atoms with E-state index in [1.165, 1.54) is 12.1 Å². The van der Waals surface area contributed by atoms with E-state index in [0.29, 0.717) is 5.92 Å². The molecule has 0 spiro atoms. The van der Waals surface area contributed by atoms with Crippen LogP contribution in [-0.2, 0) is 6.42 Å². The third-order valence-electron chi connectivity index (χ3n) is 2.82. The van der Waals surface area contributed by atoms with E-state index in [1.54, 1.807) is 6.07 Å². The Morgan fingerprint density at radius 1 is 1.17 bits per heavy atom. The van der Waals surface area contributed by atoms with Gasteiger partial charge in [0.05, 0.1) is 0 Å². The van der Waals surface area contributed by atoms with E-state index in [9.17, 15) is 8.78 Å². The molecule has 0 saturated carbocycles. The van der Waals surface area contributed by atoms with Crippen molar-refractivity contribution >= 4 is 0 Å². The molecular weight excluding hydrogens is 232 g/mol. The van der Waals surface area contributed by atoms with E-state index in [0.717, 1.165) is 25.1 Å². The highest BCUT2D eigenvalue weighted by molar-refractivity contribution is 5.19. The Morgan fingerprint density at radius 3 is 2.39 bits per heavy atom. The van der Waals surface area contributed by atoms with Crippen molar-refractivity contribution in [2.45, 2.75) is 34.1 Å². The van der Waals surface area contributed by atoms with Crippen molar-refractivity contribution in [3.05, 3.63) is 35.4 Å². The fourth-order valence-corrected chi connectivity index (χ4v) is 1.96. The van der Waals surface area contributed by atoms with Crippen LogP contribution in [0.25, 0.3) is 0 Å². The molecule has 3 heteroatoms. The van der Waals surface area contributed by atoms with Crippen LogP contribution in [0.4, 0.5) is 8.78 Å². The van der Waals surface area contributed by atoms with E-state index in [1.807, 2.05) is 0 Å². The lowest BCUT2D eigenvalue weighted by molar-refractivity contribution is 0.329. The highest BCUT2D eigenvalue weighted by Gasteiger charge is 2.19. The summed E-state index contributed by atoms with van der Waals surface area (Å²) in [4.78, 5) is 0. The normalized spacial score (nSPS) is 12.2. The van der Waals surface area contributed by atoms with E-state index < -0.39 is 11.6 Å². The molecule has 1 aromatic rings. The van der Waals surface area contributed by atoms with E-state index in [-0.39, 0.29) is 5.41 Å². The molecule has 0 aromatic heterocycles. The zero-order chi connectivity index (χ0) is 13.8. The molecule has 1 N–H and O–H groups in total. The Bertz CT molecular complexity index is 386. The van der Waals surface area contributed by atoms with Gasteiger partial charge >= 0.3 is 0 Å². The molecule has 1 rings (SSSR count). The monoisotopic (exact) mass is 255 g/mol. The molecule has 0 saturated heterocycles. The molecule has 0 atom stereocenters. The lowest BCUT2D eigenvalue weighted by Crippen LogP contribution is -2.33. The minimum Gasteiger partial charge on any atom is -0.316 e. The van der Waals surface area contributed by atoms with Gasteiger partial charge in [-0.05, 0) is 42.0 Å². The molecule has 0 bridgehead atoms. The Morgan fingerprint density at radius 2 is 1.83 bits per heavy atom. The number of nitrogens with one attached hydrogen (secondary N) is 1. The van der Waals surface area contributed by atoms with Crippen LogP contribution in [0.5, 0.6) is 0 Å². The summed E-state index contributed by atoms with van der Waals surface area (Å²) in [5, 5.41) is 3.40. The van der Waals surface area contributed by atoms with Crippen LogP contribution in [0.3, 0.4) is 0 Å². The second-order valence-corrected chi connectivity index (χ2v) is 6.11. The number of benzene rings is 1. The van der Waals surface area contributed by atoms with Crippen molar-refractivity contribution in [3.8, 4) is 0 Å². The molecule has 0 unspecified atom stereocenters. The minimum atomic E-state index is -0.783. The maximum atomic E-state index is 13.1. The van der Waals surface area contributed by atoms with Crippen molar-refractivity contribution < 1.29 is 8.78 Å². The first-order valence-corrected chi connectivity index (χ1v) is 6.45. The third-order valence-corrected chi connectivity index (χ3v) is 2.82. The van der Waals surface area contributed by atoms with E-state index in [2.05, 4.69) is 33.0 Å². The Balaban J connectivity index is 2.55. The van der Waals surface area contributed by atoms with Gasteiger partial charge in [-0.2, -0.15) is 0 Å². The zero-order valence-corrected chi connectivity index (χ0v) is 11.7. The lowest BCUT2D eigenvalue weighted by atomic mass is 9.85. The lowest BCUT2D eigenvalue weighted by Gasteiger charge is -2.26. The molecule has 0 amide bonds. The van der Waals surface area contributed by atoms with Gasteiger partial charge in [0.25, 0.3) is 0 Å². The predicted octanol–water partition coefficient (Wildman–Crippen LogP) is 3.78. The summed E-state index contributed by atoms with van der Waals surface area (Å²) < 4.78 is 26.0. The average Bonchev–Trinajstić information content (AvgIpc) is 2.22. The summed E-state index contributed by atoms with van der Waals surface area (Å²) in [5.41, 5.74) is 0.865. The summed E-state index contributed by atoms with van der Waals surface area (Å²) in [6.45, 7) is 10.4. The quantitative estimate of drug-likeness (QED) is 0.815. The van der Waals surface area contributed by atoms with Gasteiger partial charge in [0.2, 0.25) is 0 Å². The topological polar surface area (TPSA) is 12.0 Å². The van der Waals surface area contributed by atoms with Gasteiger partial charge in [-0.15, -0.1) is 0 Å². The number of halogens is 2. The Kier molecular flexibility index (Phi) is 5.27. The van der Waals surface area contributed by atoms with Crippen LogP contribution >= 0.6 is 0 Å². The van der Waals surface area contributed by atoms with Gasteiger partial charge in [-0.25, -0.2) is 8.78 Å². The average molecular weight is 255 g/mol. The summed E-state index contributed by atoms with van der Waals surface area (Å²) in [6.07, 6.45) is 0.731. The van der Waals surface area contributed by atoms with Crippen LogP contribution in [0.1, 0.15) is 33.3 Å². The molecule has 18 heavy (non-hydrogen) atoms. The van der Waals surface area contributed by atoms with E-state index >= 15 is 0 Å². The van der Waals surface area contributed by atoms with Crippen molar-refractivity contribution in [1.82, 2.24) is 5.32 Å². The Labute approximate surface area is 109 Å². The molecule has 1 aromatic carbocycles. The first kappa shape index (κ1) is 15.1. The molecule has 102 valence electrons. The molecule has 1 nitrogen and oxygen atoms in total. The second-order valence-electron chi connectivity index (χ2n) is 6.11. The van der Waals surface area contributed by atoms with Gasteiger partial charge in [0.15, 0.2) is 11.6 Å². The number of hydrogen-bond acceptors (Lipinski definition) is 1. The smallest absolute Gasteiger partial charge is 0.159 e. The van der Waals surface area contributed by atoms with Crippen molar-refractivity contribution in [3.63, 3.8) is 0 Å². The molecular formula is C15H23F2N. The molecule has 0 heterocycles. The third kappa shape index (κ3) is 5.13. The van der Waals surface area contributed by atoms with E-state index in [4.69, 9.17) is 0 Å². The van der Waals surface area contributed by atoms with Crippen LogP contribution in [0.2, 0.25) is 0 Å². The number of hydrogen-bond donors (Lipinski definition) is 1. The van der Waals surface area contributed by atoms with Crippen LogP contribution < -0.4 is 5.32 Å². The molecule has 0 aliphatic carbocycles. The zero-order valence-electron chi connectivity index (χ0n) is 11.7. The first-order chi connectivity index (χ1) is 8.30. The van der Waals surface area contributed by atoms with Crippen LogP contribution in [0.15, 0.2) is 18.2 Å². The molecule has 0 fully saturated rings. The van der Waals surface area contributed by atoms with Gasteiger partial charge < -0.3 is 5.32 Å². The maximum Gasteiger partial charge on any atom is 0.159 e. The molecule has 0 aliphatic heterocycles. The van der Waals surface area contributed by atoms with Gasteiger partial charge in [0, 0.05) is 6.54 Å². The highest BCUT2D eigenvalue weighted by Crippen LogP contribution is 2.22. The molecule has 0 radical (unpaired) electrons. The first-order valence-electron chi connectivity index (χ1n) is 6.45. The SMILES string of the molecule is CC(C)CNCC(C)(C)Cc1ccc(F)c(F)c1. The minimum absolute atomic E-state index is 0.0269. The van der Waals surface area contributed by atoms with Crippen LogP contribution in [0, 0.1) is 23.0 Å². The largest absolute Gasteiger partial charge is 0.316 e. The fourth-order valence-electron chi connectivity index (χ4n) is 1.96. The summed E-state index contributed by atoms with van der Waals surface area (Å²) in [5.74, 6) is -0.933. The van der Waals surface area contributed by atoms with Crippen molar-refractivity contribution in [2.75, 3.05) is 13.1 Å². The predicted molar refractivity (Wildman–Crippen MR) is 71.6 cm³/mol. The van der Waals surface area contributed by atoms with Gasteiger partial charge in [0.1, 0.15) is 0 Å². The summed E-state index contributed by atoms with van der Waals surface area (Å²) >= 11 is 0. The summed E-state index contributed by atoms with van der Waals surface area (Å²) in [7, 11) is 0. The number of rotatable bonds is 6. The standard InChI is InChI=1S/C15H23F2N/c1-11(2)9-18-10-15(3,4)8-12-5-6-13(16)14(17)7-12/h5-7,11,18H,8-10H2,1-4H3. The molecule has 0 aliphatic rings. The Hall–Kier alpha value is -0.960. The van der Waals surface area contributed by atoms with Crippen molar-refractivity contribution in [1.29, 1.82) is 0 Å². The fraction of sp³-hybridized carbons (Fsp3) is 0.600. The van der Waals surface area contributed by atoms with Gasteiger partial charge in [-0.1, -0.05) is 33.8 Å².